The van der Waals surface area contributed by atoms with Gasteiger partial charge in [0.15, 0.2) is 6.10 Å². The number of carbonyl (C=O) groups excluding carboxylic acids is 2. The average molecular weight is 1130 g/mol. The van der Waals surface area contributed by atoms with Crippen molar-refractivity contribution >= 4 is 17.9 Å². The summed E-state index contributed by atoms with van der Waals surface area (Å²) in [4.78, 5) is 37.6. The Kier molecular flexibility index (Phi) is 61.1. The van der Waals surface area contributed by atoms with Crippen molar-refractivity contribution in [1.82, 2.24) is 0 Å². The largest absolute Gasteiger partial charge is 0.477 e. The highest BCUT2D eigenvalue weighted by molar-refractivity contribution is 5.71. The van der Waals surface area contributed by atoms with Crippen LogP contribution < -0.4 is 0 Å². The van der Waals surface area contributed by atoms with Crippen molar-refractivity contribution in [2.75, 3.05) is 47.5 Å². The number of carboxylic acid groups (broad SMARTS) is 1. The summed E-state index contributed by atoms with van der Waals surface area (Å²) < 4.78 is 23.0. The van der Waals surface area contributed by atoms with Gasteiger partial charge in [-0.25, -0.2) is 4.79 Å². The lowest BCUT2D eigenvalue weighted by Crippen LogP contribution is -2.40. The second-order valence-corrected chi connectivity index (χ2v) is 25.2. The van der Waals surface area contributed by atoms with Crippen LogP contribution in [0.5, 0.6) is 0 Å². The summed E-state index contributed by atoms with van der Waals surface area (Å²) in [6.45, 7) is 4.94. The number of likely N-dealkylation sites (N-methyl/N-ethyl adjacent to an activating group) is 1. The molecule has 2 unspecified atom stereocenters. The molecule has 0 aliphatic rings. The third kappa shape index (κ3) is 63.4. The van der Waals surface area contributed by atoms with Crippen molar-refractivity contribution in [3.63, 3.8) is 0 Å². The molecule has 0 amide bonds. The lowest BCUT2D eigenvalue weighted by atomic mass is 10.0. The van der Waals surface area contributed by atoms with Gasteiger partial charge in [0.1, 0.15) is 13.2 Å². The van der Waals surface area contributed by atoms with Gasteiger partial charge in [0.25, 0.3) is 6.29 Å². The Balaban J connectivity index is 4.06. The Morgan fingerprint density at radius 2 is 0.675 bits per heavy atom. The maximum absolute atomic E-state index is 12.9. The third-order valence-electron chi connectivity index (χ3n) is 16.0. The first kappa shape index (κ1) is 77.8. The number of aliphatic carboxylic acids is 1. The molecule has 472 valence electrons. The Labute approximate surface area is 497 Å². The molecule has 0 saturated heterocycles. The molecule has 9 heteroatoms. The predicted octanol–water partition coefficient (Wildman–Crippen LogP) is 21.4. The number of ether oxygens (including phenoxy) is 4. The molecule has 0 aromatic rings. The van der Waals surface area contributed by atoms with Gasteiger partial charge in [-0.2, -0.15) is 0 Å². The Morgan fingerprint density at radius 3 is 0.988 bits per heavy atom. The van der Waals surface area contributed by atoms with Gasteiger partial charge in [-0.3, -0.25) is 9.59 Å². The van der Waals surface area contributed by atoms with Crippen LogP contribution in [0.25, 0.3) is 0 Å². The van der Waals surface area contributed by atoms with Crippen LogP contribution in [0.1, 0.15) is 354 Å². The molecule has 0 heterocycles. The molecule has 0 aromatic heterocycles. The van der Waals surface area contributed by atoms with Gasteiger partial charge < -0.3 is 28.5 Å². The van der Waals surface area contributed by atoms with Gasteiger partial charge in [-0.05, 0) is 44.9 Å². The Morgan fingerprint density at radius 1 is 0.375 bits per heavy atom. The summed E-state index contributed by atoms with van der Waals surface area (Å²) >= 11 is 0. The highest BCUT2D eigenvalue weighted by Gasteiger charge is 2.25. The molecule has 0 rings (SSSR count). The Hall–Kier alpha value is -2.23. The first-order chi connectivity index (χ1) is 39.1. The summed E-state index contributed by atoms with van der Waals surface area (Å²) in [6.07, 6.45) is 74.4. The van der Waals surface area contributed by atoms with Gasteiger partial charge in [0, 0.05) is 12.8 Å². The van der Waals surface area contributed by atoms with Gasteiger partial charge in [-0.15, -0.1) is 0 Å². The highest BCUT2D eigenvalue weighted by Crippen LogP contribution is 2.19. The monoisotopic (exact) mass is 1130 g/mol. The number of carboxylic acids is 1. The van der Waals surface area contributed by atoms with Gasteiger partial charge in [-0.1, -0.05) is 321 Å². The van der Waals surface area contributed by atoms with Crippen LogP contribution in [-0.4, -0.2) is 87.4 Å². The molecule has 0 aliphatic heterocycles. The van der Waals surface area contributed by atoms with E-state index in [1.165, 1.54) is 283 Å². The third-order valence-corrected chi connectivity index (χ3v) is 16.0. The average Bonchev–Trinajstić information content (AvgIpc) is 3.43. The minimum absolute atomic E-state index is 0.174. The lowest BCUT2D eigenvalue weighted by Gasteiger charge is -2.25. The zero-order chi connectivity index (χ0) is 58.3. The Bertz CT molecular complexity index is 1360. The van der Waals surface area contributed by atoms with Crippen molar-refractivity contribution in [2.24, 2.45) is 0 Å². The van der Waals surface area contributed by atoms with E-state index in [9.17, 15) is 19.5 Å². The lowest BCUT2D eigenvalue weighted by molar-refractivity contribution is -0.870. The van der Waals surface area contributed by atoms with E-state index >= 15 is 0 Å². The molecule has 1 N–H and O–H groups in total. The summed E-state index contributed by atoms with van der Waals surface area (Å²) in [5.74, 6) is -1.97. The van der Waals surface area contributed by atoms with Crippen molar-refractivity contribution in [2.45, 2.75) is 367 Å². The van der Waals surface area contributed by atoms with Crippen molar-refractivity contribution in [3.8, 4) is 0 Å². The summed E-state index contributed by atoms with van der Waals surface area (Å²) in [5.41, 5.74) is 0. The number of esters is 2. The number of hydrogen-bond acceptors (Lipinski definition) is 7. The van der Waals surface area contributed by atoms with Crippen molar-refractivity contribution in [3.05, 3.63) is 24.3 Å². The summed E-state index contributed by atoms with van der Waals surface area (Å²) in [5, 5.41) is 9.74. The molecular weight excluding hydrogens is 995 g/mol. The molecule has 0 saturated carbocycles. The quantitative estimate of drug-likeness (QED) is 0.0211. The van der Waals surface area contributed by atoms with E-state index in [0.717, 1.165) is 44.9 Å². The fourth-order valence-electron chi connectivity index (χ4n) is 10.6. The second kappa shape index (κ2) is 62.8. The smallest absolute Gasteiger partial charge is 0.361 e. The minimum atomic E-state index is -1.51. The maximum atomic E-state index is 12.9. The van der Waals surface area contributed by atoms with E-state index in [1.54, 1.807) is 0 Å². The summed E-state index contributed by atoms with van der Waals surface area (Å²) in [6, 6.07) is 0. The molecule has 2 atom stereocenters. The molecule has 0 radical (unpaired) electrons. The molecular formula is C71H136NO8+. The van der Waals surface area contributed by atoms with Crippen LogP contribution in [0.2, 0.25) is 0 Å². The van der Waals surface area contributed by atoms with Crippen molar-refractivity contribution in [1.29, 1.82) is 0 Å². The zero-order valence-electron chi connectivity index (χ0n) is 54.0. The van der Waals surface area contributed by atoms with E-state index in [1.807, 2.05) is 21.1 Å². The van der Waals surface area contributed by atoms with Crippen molar-refractivity contribution < 1.29 is 42.9 Å². The van der Waals surface area contributed by atoms with Gasteiger partial charge in [0.2, 0.25) is 0 Å². The van der Waals surface area contributed by atoms with E-state index < -0.39 is 18.4 Å². The second-order valence-electron chi connectivity index (χ2n) is 25.2. The van der Waals surface area contributed by atoms with E-state index in [-0.39, 0.29) is 38.2 Å². The van der Waals surface area contributed by atoms with E-state index in [4.69, 9.17) is 18.9 Å². The molecule has 0 spiro atoms. The first-order valence-electron chi connectivity index (χ1n) is 35.0. The number of nitrogens with zero attached hydrogens (tertiary/aromatic N) is 1. The zero-order valence-corrected chi connectivity index (χ0v) is 54.0. The first-order valence-corrected chi connectivity index (χ1v) is 35.0. The number of quaternary nitrogens is 1. The molecule has 80 heavy (non-hydrogen) atoms. The predicted molar refractivity (Wildman–Crippen MR) is 341 cm³/mol. The molecule has 0 aliphatic carbocycles. The van der Waals surface area contributed by atoms with Crippen LogP contribution in [0.3, 0.4) is 0 Å². The number of carbonyl (C=O) groups is 3. The standard InChI is InChI=1S/C71H135NO8/c1-6-8-10-12-14-16-18-20-22-24-26-28-30-32-33-34-35-36-37-38-40-42-44-46-48-50-52-54-56-58-60-62-69(74)80-67(66-79-71(70(75)76)77-64-63-72(3,4)5)65-78-68(73)61-59-57-55-53-51-49-47-45-43-41-39-31-29-27-25-23-21-19-17-15-13-11-9-7-2/h18,20,24,26,67,71H,6-17,19,21-23,25,27-66H2,1-5H3/p+1/b20-18-,26-24-. The number of rotatable bonds is 66. The van der Waals surface area contributed by atoms with E-state index in [2.05, 4.69) is 38.2 Å². The maximum Gasteiger partial charge on any atom is 0.361 e. The number of hydrogen-bond donors (Lipinski definition) is 1. The van der Waals surface area contributed by atoms with E-state index in [0.29, 0.717) is 17.4 Å². The van der Waals surface area contributed by atoms with Crippen LogP contribution >= 0.6 is 0 Å². The molecule has 9 nitrogen and oxygen atoms in total. The fraction of sp³-hybridized carbons (Fsp3) is 0.901. The SMILES string of the molecule is CCCCCCC/C=C\C/C=C\CCCCCCCCCCCCCCCCCCCCCC(=O)OC(COC(=O)CCCCCCCCCCCCCCCCCCCCCCCCCC)COC(OCC[N+](C)(C)C)C(=O)O. The normalized spacial score (nSPS) is 12.8. The minimum Gasteiger partial charge on any atom is -0.477 e. The molecule has 0 aromatic carbocycles. The van der Waals surface area contributed by atoms with Crippen LogP contribution in [0.15, 0.2) is 24.3 Å². The topological polar surface area (TPSA) is 108 Å². The fourth-order valence-corrected chi connectivity index (χ4v) is 10.6. The van der Waals surface area contributed by atoms with Gasteiger partial charge in [0.05, 0.1) is 34.4 Å². The summed E-state index contributed by atoms with van der Waals surface area (Å²) in [7, 11) is 5.99. The molecule has 0 fully saturated rings. The highest BCUT2D eigenvalue weighted by atomic mass is 16.7. The van der Waals surface area contributed by atoms with Crippen LogP contribution in [0.4, 0.5) is 0 Å². The molecule has 0 bridgehead atoms. The number of unbranched alkanes of at least 4 members (excludes halogenated alkanes) is 47. The van der Waals surface area contributed by atoms with Crippen LogP contribution in [-0.2, 0) is 33.3 Å². The van der Waals surface area contributed by atoms with Crippen LogP contribution in [0, 0.1) is 0 Å². The van der Waals surface area contributed by atoms with Gasteiger partial charge >= 0.3 is 17.9 Å². The number of allylic oxidation sites excluding steroid dienone is 4.